The third-order valence-electron chi connectivity index (χ3n) is 3.96. The van der Waals surface area contributed by atoms with E-state index in [4.69, 9.17) is 4.74 Å². The number of rotatable bonds is 7. The van der Waals surface area contributed by atoms with Crippen LogP contribution in [0.5, 0.6) is 0 Å². The second-order valence-corrected chi connectivity index (χ2v) is 6.14. The molecule has 25 heavy (non-hydrogen) atoms. The maximum atomic E-state index is 12.4. The van der Waals surface area contributed by atoms with Crippen molar-refractivity contribution >= 4 is 11.8 Å². The molecular formula is C21H23NO3. The van der Waals surface area contributed by atoms with E-state index in [1.807, 2.05) is 44.4 Å². The zero-order valence-electron chi connectivity index (χ0n) is 14.9. The maximum absolute atomic E-state index is 12.4. The van der Waals surface area contributed by atoms with Crippen LogP contribution in [-0.2, 0) is 16.0 Å². The number of benzene rings is 2. The number of ketones is 1. The summed E-state index contributed by atoms with van der Waals surface area (Å²) in [5.41, 5.74) is 2.56. The minimum Gasteiger partial charge on any atom is -0.443 e. The molecular weight excluding hydrogens is 314 g/mol. The Labute approximate surface area is 148 Å². The predicted molar refractivity (Wildman–Crippen MR) is 98.4 cm³/mol. The zero-order valence-corrected chi connectivity index (χ0v) is 14.9. The number of hydrogen-bond acceptors (Lipinski definition) is 4. The fourth-order valence-corrected chi connectivity index (χ4v) is 2.19. The summed E-state index contributed by atoms with van der Waals surface area (Å²) in [6.07, 6.45) is 0.0776. The molecule has 0 N–H and O–H groups in total. The lowest BCUT2D eigenvalue weighted by atomic mass is 10.00. The van der Waals surface area contributed by atoms with E-state index in [0.29, 0.717) is 23.1 Å². The lowest BCUT2D eigenvalue weighted by molar-refractivity contribution is -0.150. The Hall–Kier alpha value is -2.72. The Morgan fingerprint density at radius 2 is 1.56 bits per heavy atom. The van der Waals surface area contributed by atoms with Crippen LogP contribution < -0.4 is 0 Å². The van der Waals surface area contributed by atoms with Crippen molar-refractivity contribution in [3.8, 4) is 0 Å². The standard InChI is InChI=1S/C21H23NO3/c1-15(21(24)25-16(2)22(3)4)14-17-10-12-19(13-11-17)20(23)18-8-6-5-7-9-18/h5-13,16H,1,14H2,2-4H3. The SMILES string of the molecule is C=C(Cc1ccc(C(=O)c2ccccc2)cc1)C(=O)OC(C)N(C)C. The summed E-state index contributed by atoms with van der Waals surface area (Å²) >= 11 is 0. The lowest BCUT2D eigenvalue weighted by Crippen LogP contribution is -2.30. The van der Waals surface area contributed by atoms with E-state index in [1.165, 1.54) is 0 Å². The summed E-state index contributed by atoms with van der Waals surface area (Å²) in [6, 6.07) is 16.4. The normalized spacial score (nSPS) is 11.8. The fourth-order valence-electron chi connectivity index (χ4n) is 2.19. The van der Waals surface area contributed by atoms with Gasteiger partial charge in [-0.1, -0.05) is 61.2 Å². The van der Waals surface area contributed by atoms with Crippen molar-refractivity contribution in [3.05, 3.63) is 83.4 Å². The average molecular weight is 337 g/mol. The van der Waals surface area contributed by atoms with E-state index in [0.717, 1.165) is 5.56 Å². The van der Waals surface area contributed by atoms with Gasteiger partial charge in [0.15, 0.2) is 12.0 Å². The number of hydrogen-bond donors (Lipinski definition) is 0. The van der Waals surface area contributed by atoms with Crippen LogP contribution in [0, 0.1) is 0 Å². The van der Waals surface area contributed by atoms with Gasteiger partial charge in [-0.2, -0.15) is 0 Å². The highest BCUT2D eigenvalue weighted by molar-refractivity contribution is 6.08. The second-order valence-electron chi connectivity index (χ2n) is 6.14. The fraction of sp³-hybridized carbons (Fsp3) is 0.238. The number of nitrogens with zero attached hydrogens (tertiary/aromatic N) is 1. The number of esters is 1. The van der Waals surface area contributed by atoms with Gasteiger partial charge in [0.1, 0.15) is 0 Å². The minimum atomic E-state index is -0.411. The highest BCUT2D eigenvalue weighted by Gasteiger charge is 2.15. The first-order valence-corrected chi connectivity index (χ1v) is 8.12. The molecule has 0 saturated heterocycles. The molecule has 0 aliphatic heterocycles. The predicted octanol–water partition coefficient (Wildman–Crippen LogP) is 3.47. The van der Waals surface area contributed by atoms with Crippen LogP contribution in [-0.4, -0.2) is 37.0 Å². The largest absolute Gasteiger partial charge is 0.443 e. The smallest absolute Gasteiger partial charge is 0.335 e. The first-order valence-electron chi connectivity index (χ1n) is 8.12. The Morgan fingerprint density at radius 3 is 2.12 bits per heavy atom. The van der Waals surface area contributed by atoms with E-state index in [1.54, 1.807) is 36.1 Å². The summed E-state index contributed by atoms with van der Waals surface area (Å²) in [4.78, 5) is 26.2. The van der Waals surface area contributed by atoms with E-state index in [-0.39, 0.29) is 12.0 Å². The molecule has 0 fully saturated rings. The Morgan fingerprint density at radius 1 is 1.00 bits per heavy atom. The highest BCUT2D eigenvalue weighted by Crippen LogP contribution is 2.14. The molecule has 2 rings (SSSR count). The number of carbonyl (C=O) groups is 2. The van der Waals surface area contributed by atoms with E-state index in [9.17, 15) is 9.59 Å². The van der Waals surface area contributed by atoms with Crippen molar-refractivity contribution in [1.82, 2.24) is 4.90 Å². The van der Waals surface area contributed by atoms with Crippen molar-refractivity contribution in [1.29, 1.82) is 0 Å². The first-order chi connectivity index (χ1) is 11.9. The molecule has 4 heteroatoms. The molecule has 2 aromatic rings. The van der Waals surface area contributed by atoms with Crippen LogP contribution in [0.15, 0.2) is 66.7 Å². The molecule has 0 aliphatic rings. The minimum absolute atomic E-state index is 0.0230. The summed E-state index contributed by atoms with van der Waals surface area (Å²) in [6.45, 7) is 5.61. The van der Waals surface area contributed by atoms with Crippen LogP contribution in [0.2, 0.25) is 0 Å². The molecule has 0 spiro atoms. The molecule has 4 nitrogen and oxygen atoms in total. The molecule has 130 valence electrons. The molecule has 0 amide bonds. The summed E-state index contributed by atoms with van der Waals surface area (Å²) in [7, 11) is 3.67. The van der Waals surface area contributed by atoms with Gasteiger partial charge in [0, 0.05) is 23.1 Å². The van der Waals surface area contributed by atoms with Gasteiger partial charge in [0.05, 0.1) is 0 Å². The lowest BCUT2D eigenvalue weighted by Gasteiger charge is -2.20. The Bertz CT molecular complexity index is 748. The summed E-state index contributed by atoms with van der Waals surface area (Å²) in [5, 5.41) is 0. The molecule has 2 aromatic carbocycles. The summed E-state index contributed by atoms with van der Waals surface area (Å²) < 4.78 is 5.30. The van der Waals surface area contributed by atoms with E-state index < -0.39 is 5.97 Å². The van der Waals surface area contributed by atoms with Gasteiger partial charge in [-0.3, -0.25) is 9.69 Å². The van der Waals surface area contributed by atoms with Crippen molar-refractivity contribution in [2.45, 2.75) is 19.6 Å². The van der Waals surface area contributed by atoms with Gasteiger partial charge in [-0.25, -0.2) is 4.79 Å². The molecule has 0 saturated carbocycles. The Balaban J connectivity index is 1.99. The van der Waals surface area contributed by atoms with Crippen molar-refractivity contribution in [2.24, 2.45) is 0 Å². The molecule has 0 aromatic heterocycles. The second kappa shape index (κ2) is 8.40. The van der Waals surface area contributed by atoms with Gasteiger partial charge in [-0.15, -0.1) is 0 Å². The quantitative estimate of drug-likeness (QED) is 0.336. The average Bonchev–Trinajstić information content (AvgIpc) is 2.62. The monoisotopic (exact) mass is 337 g/mol. The van der Waals surface area contributed by atoms with Gasteiger partial charge in [-0.05, 0) is 26.6 Å². The van der Waals surface area contributed by atoms with Crippen molar-refractivity contribution < 1.29 is 14.3 Å². The Kier molecular flexibility index (Phi) is 6.25. The van der Waals surface area contributed by atoms with Crippen molar-refractivity contribution in [2.75, 3.05) is 14.1 Å². The van der Waals surface area contributed by atoms with Gasteiger partial charge in [0.25, 0.3) is 0 Å². The molecule has 0 radical (unpaired) electrons. The van der Waals surface area contributed by atoms with E-state index >= 15 is 0 Å². The topological polar surface area (TPSA) is 46.6 Å². The first kappa shape index (κ1) is 18.6. The molecule has 0 bridgehead atoms. The van der Waals surface area contributed by atoms with Crippen molar-refractivity contribution in [3.63, 3.8) is 0 Å². The third kappa shape index (κ3) is 5.13. The number of ether oxygens (including phenoxy) is 1. The summed E-state index contributed by atoms with van der Waals surface area (Å²) in [5.74, 6) is -0.434. The maximum Gasteiger partial charge on any atom is 0.335 e. The van der Waals surface area contributed by atoms with Gasteiger partial charge in [0.2, 0.25) is 0 Å². The molecule has 1 atom stereocenters. The van der Waals surface area contributed by atoms with E-state index in [2.05, 4.69) is 6.58 Å². The van der Waals surface area contributed by atoms with Crippen LogP contribution in [0.25, 0.3) is 0 Å². The van der Waals surface area contributed by atoms with Gasteiger partial charge < -0.3 is 4.74 Å². The van der Waals surface area contributed by atoms with Crippen LogP contribution in [0.3, 0.4) is 0 Å². The van der Waals surface area contributed by atoms with Gasteiger partial charge >= 0.3 is 5.97 Å². The van der Waals surface area contributed by atoms with Crippen LogP contribution in [0.4, 0.5) is 0 Å². The third-order valence-corrected chi connectivity index (χ3v) is 3.96. The highest BCUT2D eigenvalue weighted by atomic mass is 16.6. The zero-order chi connectivity index (χ0) is 18.4. The number of carbonyl (C=O) groups excluding carboxylic acids is 2. The molecule has 0 aliphatic carbocycles. The molecule has 1 unspecified atom stereocenters. The molecule has 0 heterocycles. The van der Waals surface area contributed by atoms with Crippen LogP contribution >= 0.6 is 0 Å². The van der Waals surface area contributed by atoms with Crippen LogP contribution in [0.1, 0.15) is 28.4 Å².